The van der Waals surface area contributed by atoms with E-state index in [4.69, 9.17) is 4.74 Å². The summed E-state index contributed by atoms with van der Waals surface area (Å²) in [6.45, 7) is 1.50. The van der Waals surface area contributed by atoms with Crippen molar-refractivity contribution in [3.05, 3.63) is 48.2 Å². The molecule has 0 unspecified atom stereocenters. The molecule has 2 aromatic rings. The average Bonchev–Trinajstić information content (AvgIpc) is 2.40. The Morgan fingerprint density at radius 1 is 1.22 bits per heavy atom. The van der Waals surface area contributed by atoms with Crippen LogP contribution in [0.4, 0.5) is 0 Å². The highest BCUT2D eigenvalue weighted by molar-refractivity contribution is 7.98. The van der Waals surface area contributed by atoms with E-state index in [-0.39, 0.29) is 5.78 Å². The molecule has 3 nitrogen and oxygen atoms in total. The fourth-order valence-corrected chi connectivity index (χ4v) is 2.07. The molecule has 1 heterocycles. The molecular formula is C14H13NO2S. The lowest BCUT2D eigenvalue weighted by atomic mass is 10.2. The van der Waals surface area contributed by atoms with Crippen LogP contribution in [-0.4, -0.2) is 17.0 Å². The Morgan fingerprint density at radius 3 is 2.72 bits per heavy atom. The van der Waals surface area contributed by atoms with Crippen molar-refractivity contribution >= 4 is 17.5 Å². The lowest BCUT2D eigenvalue weighted by Crippen LogP contribution is -1.99. The minimum absolute atomic E-state index is 0.0558. The minimum atomic E-state index is -0.0558. The highest BCUT2D eigenvalue weighted by Crippen LogP contribution is 2.31. The van der Waals surface area contributed by atoms with Gasteiger partial charge in [0.25, 0.3) is 0 Å². The molecule has 18 heavy (non-hydrogen) atoms. The van der Waals surface area contributed by atoms with Crippen LogP contribution in [0.5, 0.6) is 11.6 Å². The molecule has 0 atom stereocenters. The largest absolute Gasteiger partial charge is 0.437 e. The predicted octanol–water partition coefficient (Wildman–Crippen LogP) is 3.80. The Labute approximate surface area is 110 Å². The number of para-hydroxylation sites is 1. The van der Waals surface area contributed by atoms with E-state index >= 15 is 0 Å². The van der Waals surface area contributed by atoms with Crippen molar-refractivity contribution in [1.29, 1.82) is 0 Å². The van der Waals surface area contributed by atoms with Crippen LogP contribution in [0.15, 0.2) is 47.5 Å². The molecule has 0 amide bonds. The highest BCUT2D eigenvalue weighted by atomic mass is 32.2. The molecule has 0 aliphatic heterocycles. The summed E-state index contributed by atoms with van der Waals surface area (Å²) in [4.78, 5) is 16.6. The number of ether oxygens (including phenoxy) is 1. The van der Waals surface area contributed by atoms with E-state index in [0.717, 1.165) is 4.90 Å². The first-order chi connectivity index (χ1) is 8.72. The average molecular weight is 259 g/mol. The van der Waals surface area contributed by atoms with Crippen molar-refractivity contribution in [2.45, 2.75) is 11.8 Å². The van der Waals surface area contributed by atoms with Crippen LogP contribution in [-0.2, 0) is 0 Å². The normalized spacial score (nSPS) is 10.1. The van der Waals surface area contributed by atoms with Gasteiger partial charge in [-0.15, -0.1) is 11.8 Å². The molecule has 0 saturated heterocycles. The zero-order valence-electron chi connectivity index (χ0n) is 10.2. The van der Waals surface area contributed by atoms with Gasteiger partial charge in [0.05, 0.1) is 5.56 Å². The summed E-state index contributed by atoms with van der Waals surface area (Å²) in [7, 11) is 0. The lowest BCUT2D eigenvalue weighted by Gasteiger charge is -2.10. The van der Waals surface area contributed by atoms with Gasteiger partial charge in [0.1, 0.15) is 5.75 Å². The maximum Gasteiger partial charge on any atom is 0.230 e. The Morgan fingerprint density at radius 2 is 2.00 bits per heavy atom. The van der Waals surface area contributed by atoms with Crippen molar-refractivity contribution in [1.82, 2.24) is 4.98 Å². The lowest BCUT2D eigenvalue weighted by molar-refractivity contribution is 0.101. The molecule has 0 radical (unpaired) electrons. The number of nitrogens with zero attached hydrogens (tertiary/aromatic N) is 1. The second-order valence-electron chi connectivity index (χ2n) is 3.67. The fraction of sp³-hybridized carbons (Fsp3) is 0.143. The smallest absolute Gasteiger partial charge is 0.230 e. The van der Waals surface area contributed by atoms with Crippen LogP contribution >= 0.6 is 11.8 Å². The van der Waals surface area contributed by atoms with Crippen LogP contribution in [0.1, 0.15) is 17.3 Å². The first-order valence-corrected chi connectivity index (χ1v) is 6.71. The van der Waals surface area contributed by atoms with E-state index in [1.807, 2.05) is 30.5 Å². The Balaban J connectivity index is 2.37. The molecule has 2 rings (SSSR count). The van der Waals surface area contributed by atoms with Gasteiger partial charge in [-0.05, 0) is 37.4 Å². The maximum atomic E-state index is 11.5. The van der Waals surface area contributed by atoms with Crippen LogP contribution < -0.4 is 4.74 Å². The third-order valence-electron chi connectivity index (χ3n) is 2.43. The van der Waals surface area contributed by atoms with Crippen LogP contribution in [0, 0.1) is 0 Å². The number of thioether (sulfide) groups is 1. The molecule has 0 fully saturated rings. The minimum Gasteiger partial charge on any atom is -0.437 e. The third kappa shape index (κ3) is 2.71. The molecule has 0 N–H and O–H groups in total. The molecule has 0 saturated carbocycles. The molecule has 0 bridgehead atoms. The summed E-state index contributed by atoms with van der Waals surface area (Å²) in [6, 6.07) is 11.1. The second-order valence-corrected chi connectivity index (χ2v) is 4.51. The van der Waals surface area contributed by atoms with Crippen LogP contribution in [0.3, 0.4) is 0 Å². The van der Waals surface area contributed by atoms with E-state index in [2.05, 4.69) is 4.98 Å². The highest BCUT2D eigenvalue weighted by Gasteiger charge is 2.11. The third-order valence-corrected chi connectivity index (χ3v) is 3.20. The van der Waals surface area contributed by atoms with E-state index in [9.17, 15) is 4.79 Å². The molecule has 4 heteroatoms. The summed E-state index contributed by atoms with van der Waals surface area (Å²) in [5, 5.41) is 0. The summed E-state index contributed by atoms with van der Waals surface area (Å²) >= 11 is 1.59. The second kappa shape index (κ2) is 5.69. The molecule has 0 aliphatic rings. The SMILES string of the molecule is CSc1ccccc1Oc1ncccc1C(C)=O. The maximum absolute atomic E-state index is 11.5. The van der Waals surface area contributed by atoms with Crippen molar-refractivity contribution in [3.8, 4) is 11.6 Å². The topological polar surface area (TPSA) is 39.2 Å². The van der Waals surface area contributed by atoms with Crippen molar-refractivity contribution in [3.63, 3.8) is 0 Å². The molecule has 0 spiro atoms. The van der Waals surface area contributed by atoms with Crippen LogP contribution in [0.25, 0.3) is 0 Å². The number of pyridine rings is 1. The Bertz CT molecular complexity index is 569. The zero-order chi connectivity index (χ0) is 13.0. The van der Waals surface area contributed by atoms with E-state index in [1.165, 1.54) is 6.92 Å². The number of carbonyl (C=O) groups is 1. The number of rotatable bonds is 4. The summed E-state index contributed by atoms with van der Waals surface area (Å²) in [6.07, 6.45) is 3.59. The number of hydrogen-bond acceptors (Lipinski definition) is 4. The van der Waals surface area contributed by atoms with E-state index in [0.29, 0.717) is 17.2 Å². The fourth-order valence-electron chi connectivity index (χ4n) is 1.55. The number of ketones is 1. The first kappa shape index (κ1) is 12.6. The van der Waals surface area contributed by atoms with Gasteiger partial charge in [0.2, 0.25) is 5.88 Å². The van der Waals surface area contributed by atoms with Crippen molar-refractivity contribution < 1.29 is 9.53 Å². The van der Waals surface area contributed by atoms with Gasteiger partial charge in [-0.2, -0.15) is 0 Å². The number of carbonyl (C=O) groups excluding carboxylic acids is 1. The Hall–Kier alpha value is -1.81. The van der Waals surface area contributed by atoms with Gasteiger partial charge in [-0.25, -0.2) is 4.98 Å². The summed E-state index contributed by atoms with van der Waals surface area (Å²) < 4.78 is 5.74. The molecule has 1 aromatic heterocycles. The molecular weight excluding hydrogens is 246 g/mol. The summed E-state index contributed by atoms with van der Waals surface area (Å²) in [5.41, 5.74) is 0.494. The van der Waals surface area contributed by atoms with Gasteiger partial charge in [-0.3, -0.25) is 4.79 Å². The molecule has 92 valence electrons. The Kier molecular flexibility index (Phi) is 3.99. The number of benzene rings is 1. The number of Topliss-reactive ketones (excluding diaryl/α,β-unsaturated/α-hetero) is 1. The van der Waals surface area contributed by atoms with E-state index < -0.39 is 0 Å². The first-order valence-electron chi connectivity index (χ1n) is 5.49. The zero-order valence-corrected chi connectivity index (χ0v) is 11.0. The standard InChI is InChI=1S/C14H13NO2S/c1-10(16)11-6-5-9-15-14(11)17-12-7-3-4-8-13(12)18-2/h3-9H,1-2H3. The monoisotopic (exact) mass is 259 g/mol. The van der Waals surface area contributed by atoms with Gasteiger partial charge in [-0.1, -0.05) is 12.1 Å². The van der Waals surface area contributed by atoms with Gasteiger partial charge in [0.15, 0.2) is 5.78 Å². The van der Waals surface area contributed by atoms with Gasteiger partial charge < -0.3 is 4.74 Å². The molecule has 1 aromatic carbocycles. The van der Waals surface area contributed by atoms with Crippen LogP contribution in [0.2, 0.25) is 0 Å². The van der Waals surface area contributed by atoms with E-state index in [1.54, 1.807) is 30.1 Å². The quantitative estimate of drug-likeness (QED) is 0.618. The predicted molar refractivity (Wildman–Crippen MR) is 72.5 cm³/mol. The number of hydrogen-bond donors (Lipinski definition) is 0. The van der Waals surface area contributed by atoms with Crippen molar-refractivity contribution in [2.75, 3.05) is 6.26 Å². The number of aromatic nitrogens is 1. The van der Waals surface area contributed by atoms with Crippen molar-refractivity contribution in [2.24, 2.45) is 0 Å². The van der Waals surface area contributed by atoms with Gasteiger partial charge >= 0.3 is 0 Å². The van der Waals surface area contributed by atoms with Gasteiger partial charge in [0, 0.05) is 11.1 Å². The molecule has 0 aliphatic carbocycles. The summed E-state index contributed by atoms with van der Waals surface area (Å²) in [5.74, 6) is 1.01.